The van der Waals surface area contributed by atoms with Crippen LogP contribution in [-0.4, -0.2) is 46.8 Å². The van der Waals surface area contributed by atoms with Crippen molar-refractivity contribution in [3.05, 3.63) is 48.0 Å². The first-order chi connectivity index (χ1) is 15.7. The Morgan fingerprint density at radius 3 is 2.85 bits per heavy atom. The summed E-state index contributed by atoms with van der Waals surface area (Å²) in [6, 6.07) is 6.11. The van der Waals surface area contributed by atoms with Gasteiger partial charge in [0.2, 0.25) is 5.88 Å². The van der Waals surface area contributed by atoms with Gasteiger partial charge < -0.3 is 15.8 Å². The average molecular weight is 471 g/mol. The van der Waals surface area contributed by atoms with Gasteiger partial charge in [-0.15, -0.1) is 0 Å². The Morgan fingerprint density at radius 2 is 2.06 bits per heavy atom. The van der Waals surface area contributed by atoms with Gasteiger partial charge in [-0.05, 0) is 44.0 Å². The van der Waals surface area contributed by atoms with Crippen molar-refractivity contribution >= 4 is 38.2 Å². The first-order valence-electron chi connectivity index (χ1n) is 10.5. The lowest BCUT2D eigenvalue weighted by atomic mass is 9.84. The number of rotatable bonds is 4. The van der Waals surface area contributed by atoms with Crippen LogP contribution >= 0.6 is 0 Å². The number of hydrogen-bond donors (Lipinski definition) is 2. The molecule has 9 nitrogen and oxygen atoms in total. The number of amidine groups is 1. The summed E-state index contributed by atoms with van der Waals surface area (Å²) in [5.74, 6) is 0.291. The number of ether oxygens (including phenoxy) is 1. The zero-order valence-electron chi connectivity index (χ0n) is 18.1. The standard InChI is InChI=1S/C22H23FN6O3S/c1-22(17-5-3-4-16(20(24)29-22)33(17,30)31)13-10-12(6-7-14(13)23)27-21-19-15(8-9-25-21)28-18(32-2)11-26-19/h6-11,16-17H,3-5H2,1-2H3,(H2,24,29)(H,25,27)/t16-,17+,22+/m0/s1. The third-order valence-corrected chi connectivity index (χ3v) is 9.22. The minimum atomic E-state index is -3.58. The summed E-state index contributed by atoms with van der Waals surface area (Å²) in [5, 5.41) is 1.52. The van der Waals surface area contributed by atoms with Crippen LogP contribution in [0.4, 0.5) is 15.9 Å². The molecule has 1 aromatic carbocycles. The first kappa shape index (κ1) is 21.5. The third kappa shape index (κ3) is 3.38. The molecule has 0 unspecified atom stereocenters. The molecule has 5 rings (SSSR count). The molecule has 33 heavy (non-hydrogen) atoms. The number of hydrogen-bond acceptors (Lipinski definition) is 9. The average Bonchev–Trinajstić information content (AvgIpc) is 2.78. The topological polar surface area (TPSA) is 132 Å². The maximum Gasteiger partial charge on any atom is 0.232 e. The molecule has 3 atom stereocenters. The number of nitrogens with zero attached hydrogens (tertiary/aromatic N) is 4. The van der Waals surface area contributed by atoms with Crippen molar-refractivity contribution in [2.24, 2.45) is 10.7 Å². The molecule has 2 aliphatic rings. The number of aliphatic imine (C=N–C) groups is 1. The molecule has 0 radical (unpaired) electrons. The van der Waals surface area contributed by atoms with E-state index >= 15 is 4.39 Å². The predicted molar refractivity (Wildman–Crippen MR) is 123 cm³/mol. The summed E-state index contributed by atoms with van der Waals surface area (Å²) in [7, 11) is -2.07. The molecule has 3 N–H and O–H groups in total. The van der Waals surface area contributed by atoms with E-state index in [0.717, 1.165) is 0 Å². The number of benzene rings is 1. The zero-order valence-corrected chi connectivity index (χ0v) is 18.9. The quantitative estimate of drug-likeness (QED) is 0.595. The summed E-state index contributed by atoms with van der Waals surface area (Å²) in [6.07, 6.45) is 4.61. The fourth-order valence-electron chi connectivity index (χ4n) is 4.82. The minimum absolute atomic E-state index is 0.0474. The number of nitrogens with two attached hydrogens (primary N) is 1. The Bertz CT molecular complexity index is 1400. The summed E-state index contributed by atoms with van der Waals surface area (Å²) in [4.78, 5) is 17.6. The second-order valence-electron chi connectivity index (χ2n) is 8.44. The van der Waals surface area contributed by atoms with Crippen molar-refractivity contribution in [1.82, 2.24) is 15.0 Å². The summed E-state index contributed by atoms with van der Waals surface area (Å²) < 4.78 is 46.5. The van der Waals surface area contributed by atoms with E-state index in [1.807, 2.05) is 0 Å². The fraction of sp³-hybridized carbons (Fsp3) is 0.364. The van der Waals surface area contributed by atoms with Crippen LogP contribution in [0.5, 0.6) is 5.88 Å². The van der Waals surface area contributed by atoms with Gasteiger partial charge in [-0.1, -0.05) is 6.42 Å². The highest BCUT2D eigenvalue weighted by molar-refractivity contribution is 7.93. The maximum atomic E-state index is 15.1. The van der Waals surface area contributed by atoms with E-state index in [0.29, 0.717) is 47.7 Å². The van der Waals surface area contributed by atoms with Gasteiger partial charge in [0.25, 0.3) is 0 Å². The molecular formula is C22H23FN6O3S. The van der Waals surface area contributed by atoms with E-state index in [2.05, 4.69) is 25.3 Å². The highest BCUT2D eigenvalue weighted by Crippen LogP contribution is 2.46. The number of anilines is 2. The van der Waals surface area contributed by atoms with Gasteiger partial charge in [0.15, 0.2) is 15.7 Å². The second-order valence-corrected chi connectivity index (χ2v) is 10.8. The lowest BCUT2D eigenvalue weighted by Crippen LogP contribution is -2.57. The number of sulfone groups is 1. The molecule has 3 aromatic rings. The monoisotopic (exact) mass is 470 g/mol. The summed E-state index contributed by atoms with van der Waals surface area (Å²) >= 11 is 0. The number of halogens is 1. The van der Waals surface area contributed by atoms with Crippen LogP contribution in [0.2, 0.25) is 0 Å². The van der Waals surface area contributed by atoms with Crippen LogP contribution < -0.4 is 15.8 Å². The Hall–Kier alpha value is -3.34. The van der Waals surface area contributed by atoms with Crippen molar-refractivity contribution in [3.63, 3.8) is 0 Å². The molecule has 11 heteroatoms. The fourth-order valence-corrected chi connectivity index (χ4v) is 7.42. The Kier molecular flexibility index (Phi) is 4.96. The van der Waals surface area contributed by atoms with Crippen LogP contribution in [0, 0.1) is 5.82 Å². The molecule has 0 amide bonds. The van der Waals surface area contributed by atoms with E-state index in [-0.39, 0.29) is 11.4 Å². The van der Waals surface area contributed by atoms with E-state index < -0.39 is 31.7 Å². The van der Waals surface area contributed by atoms with Crippen molar-refractivity contribution in [3.8, 4) is 5.88 Å². The van der Waals surface area contributed by atoms with Crippen molar-refractivity contribution in [2.75, 3.05) is 12.4 Å². The normalized spacial score (nSPS) is 26.0. The van der Waals surface area contributed by atoms with Crippen LogP contribution in [-0.2, 0) is 15.4 Å². The van der Waals surface area contributed by atoms with Gasteiger partial charge in [-0.2, -0.15) is 0 Å². The Labute approximate surface area is 190 Å². The Morgan fingerprint density at radius 1 is 1.24 bits per heavy atom. The Balaban J connectivity index is 1.58. The van der Waals surface area contributed by atoms with E-state index in [1.165, 1.54) is 19.4 Å². The van der Waals surface area contributed by atoms with Crippen LogP contribution in [0.3, 0.4) is 0 Å². The molecule has 2 bridgehead atoms. The molecule has 0 spiro atoms. The number of nitrogens with one attached hydrogen (secondary N) is 1. The van der Waals surface area contributed by atoms with Crippen molar-refractivity contribution in [1.29, 1.82) is 0 Å². The molecule has 2 aliphatic heterocycles. The second kappa shape index (κ2) is 7.62. The van der Waals surface area contributed by atoms with E-state index in [1.54, 1.807) is 31.3 Å². The highest BCUT2D eigenvalue weighted by atomic mass is 32.2. The number of pyridine rings is 1. The molecule has 2 aromatic heterocycles. The van der Waals surface area contributed by atoms with Crippen LogP contribution in [0.15, 0.2) is 41.7 Å². The lowest BCUT2D eigenvalue weighted by Gasteiger charge is -2.44. The number of methoxy groups -OCH3 is 1. The molecular weight excluding hydrogens is 447 g/mol. The lowest BCUT2D eigenvalue weighted by molar-refractivity contribution is 0.375. The molecule has 0 aliphatic carbocycles. The van der Waals surface area contributed by atoms with Gasteiger partial charge in [0, 0.05) is 17.4 Å². The van der Waals surface area contributed by atoms with Gasteiger partial charge in [0.1, 0.15) is 28.0 Å². The van der Waals surface area contributed by atoms with E-state index in [4.69, 9.17) is 10.5 Å². The van der Waals surface area contributed by atoms with E-state index in [9.17, 15) is 8.42 Å². The largest absolute Gasteiger partial charge is 0.480 e. The summed E-state index contributed by atoms with van der Waals surface area (Å²) in [6.45, 7) is 1.64. The van der Waals surface area contributed by atoms with Gasteiger partial charge in [-0.3, -0.25) is 4.99 Å². The third-order valence-electron chi connectivity index (χ3n) is 6.47. The maximum absolute atomic E-state index is 15.1. The smallest absolute Gasteiger partial charge is 0.232 e. The van der Waals surface area contributed by atoms with Gasteiger partial charge in [-0.25, -0.2) is 27.8 Å². The summed E-state index contributed by atoms with van der Waals surface area (Å²) in [5.41, 5.74) is 6.49. The number of fused-ring (bicyclic) bond motifs is 3. The zero-order chi connectivity index (χ0) is 23.4. The first-order valence-corrected chi connectivity index (χ1v) is 12.2. The molecule has 1 fully saturated rings. The SMILES string of the molecule is COc1cnc2c(Nc3ccc(F)c([C@@]4(C)N=C(N)[C@@H]5CCC[C@H]4S5(=O)=O)c3)nccc2n1. The van der Waals surface area contributed by atoms with Crippen molar-refractivity contribution in [2.45, 2.75) is 42.2 Å². The molecule has 172 valence electrons. The van der Waals surface area contributed by atoms with Gasteiger partial charge in [0.05, 0.1) is 24.1 Å². The minimum Gasteiger partial charge on any atom is -0.480 e. The molecule has 0 saturated carbocycles. The molecule has 4 heterocycles. The van der Waals surface area contributed by atoms with Gasteiger partial charge >= 0.3 is 0 Å². The predicted octanol–water partition coefficient (Wildman–Crippen LogP) is 2.84. The van der Waals surface area contributed by atoms with Crippen molar-refractivity contribution < 1.29 is 17.5 Å². The highest BCUT2D eigenvalue weighted by Gasteiger charge is 2.54. The number of aromatic nitrogens is 3. The van der Waals surface area contributed by atoms with Crippen LogP contribution in [0.25, 0.3) is 11.0 Å². The molecule has 1 saturated heterocycles. The van der Waals surface area contributed by atoms with Crippen LogP contribution in [0.1, 0.15) is 31.7 Å².